The molecule has 1 saturated heterocycles. The molecule has 0 saturated carbocycles. The van der Waals surface area contributed by atoms with E-state index in [4.69, 9.17) is 5.11 Å². The first kappa shape index (κ1) is 9.85. The molecule has 1 rings (SSSR count). The normalized spacial score (nSPS) is 30.8. The fourth-order valence-electron chi connectivity index (χ4n) is 1.30. The van der Waals surface area contributed by atoms with Crippen LogP contribution in [0.3, 0.4) is 0 Å². The second-order valence-electron chi connectivity index (χ2n) is 2.99. The van der Waals surface area contributed by atoms with E-state index in [0.29, 0.717) is 0 Å². The molecule has 12 heavy (non-hydrogen) atoms. The van der Waals surface area contributed by atoms with Crippen LogP contribution >= 0.6 is 0 Å². The fourth-order valence-corrected chi connectivity index (χ4v) is 3.14. The number of aliphatic hydroxyl groups excluding tert-OH is 1. The standard InChI is InChI=1S/C6H10F2O3S/c7-6(8)5(9)4-1-2-12(10,11)3-4/h4-6,9H,1-3H2. The van der Waals surface area contributed by atoms with Gasteiger partial charge in [-0.3, -0.25) is 0 Å². The maximum Gasteiger partial charge on any atom is 0.264 e. The Balaban J connectivity index is 2.58. The van der Waals surface area contributed by atoms with Gasteiger partial charge >= 0.3 is 0 Å². The molecular weight excluding hydrogens is 190 g/mol. The fraction of sp³-hybridized carbons (Fsp3) is 1.00. The van der Waals surface area contributed by atoms with E-state index in [0.717, 1.165) is 0 Å². The third-order valence-corrected chi connectivity index (χ3v) is 3.80. The number of aliphatic hydroxyl groups is 1. The Morgan fingerprint density at radius 2 is 2.00 bits per heavy atom. The van der Waals surface area contributed by atoms with Crippen LogP contribution in [0.4, 0.5) is 8.78 Å². The molecule has 0 aliphatic carbocycles. The lowest BCUT2D eigenvalue weighted by atomic mass is 10.0. The van der Waals surface area contributed by atoms with Crippen molar-refractivity contribution in [1.82, 2.24) is 0 Å². The van der Waals surface area contributed by atoms with Gasteiger partial charge in [-0.2, -0.15) is 0 Å². The molecule has 0 amide bonds. The zero-order chi connectivity index (χ0) is 9.35. The maximum absolute atomic E-state index is 11.9. The first-order valence-electron chi connectivity index (χ1n) is 3.59. The molecule has 2 atom stereocenters. The number of alkyl halides is 2. The van der Waals surface area contributed by atoms with Crippen molar-refractivity contribution in [2.75, 3.05) is 11.5 Å². The topological polar surface area (TPSA) is 54.4 Å². The summed E-state index contributed by atoms with van der Waals surface area (Å²) in [5, 5.41) is 8.84. The van der Waals surface area contributed by atoms with Crippen molar-refractivity contribution in [3.63, 3.8) is 0 Å². The van der Waals surface area contributed by atoms with Crippen molar-refractivity contribution < 1.29 is 22.3 Å². The summed E-state index contributed by atoms with van der Waals surface area (Å²) in [5.74, 6) is -1.17. The molecule has 0 aromatic rings. The van der Waals surface area contributed by atoms with E-state index >= 15 is 0 Å². The summed E-state index contributed by atoms with van der Waals surface area (Å²) in [7, 11) is -3.17. The van der Waals surface area contributed by atoms with E-state index in [2.05, 4.69) is 0 Å². The van der Waals surface area contributed by atoms with Crippen LogP contribution in [0, 0.1) is 5.92 Å². The molecule has 0 spiro atoms. The summed E-state index contributed by atoms with van der Waals surface area (Å²) in [6, 6.07) is 0. The number of halogens is 2. The van der Waals surface area contributed by atoms with Crippen molar-refractivity contribution in [2.24, 2.45) is 5.92 Å². The number of hydrogen-bond acceptors (Lipinski definition) is 3. The quantitative estimate of drug-likeness (QED) is 0.685. The highest BCUT2D eigenvalue weighted by Gasteiger charge is 2.36. The van der Waals surface area contributed by atoms with Gasteiger partial charge in [-0.25, -0.2) is 17.2 Å². The lowest BCUT2D eigenvalue weighted by Crippen LogP contribution is -2.28. The van der Waals surface area contributed by atoms with Gasteiger partial charge in [-0.15, -0.1) is 0 Å². The Morgan fingerprint density at radius 3 is 2.33 bits per heavy atom. The molecule has 72 valence electrons. The van der Waals surface area contributed by atoms with Gasteiger partial charge in [-0.1, -0.05) is 0 Å². The Morgan fingerprint density at radius 1 is 1.42 bits per heavy atom. The average Bonchev–Trinajstić information content (AvgIpc) is 2.28. The zero-order valence-corrected chi connectivity index (χ0v) is 7.10. The predicted octanol–water partition coefficient (Wildman–Crippen LogP) is 0.0471. The van der Waals surface area contributed by atoms with E-state index in [-0.39, 0.29) is 17.9 Å². The van der Waals surface area contributed by atoms with Gasteiger partial charge in [-0.05, 0) is 6.42 Å². The van der Waals surface area contributed by atoms with Crippen LogP contribution in [0.2, 0.25) is 0 Å². The highest BCUT2D eigenvalue weighted by Crippen LogP contribution is 2.24. The molecule has 0 radical (unpaired) electrons. The maximum atomic E-state index is 11.9. The van der Waals surface area contributed by atoms with Crippen LogP contribution < -0.4 is 0 Å². The van der Waals surface area contributed by atoms with Gasteiger partial charge in [0.15, 0.2) is 9.84 Å². The molecule has 1 heterocycles. The predicted molar refractivity (Wildman–Crippen MR) is 38.8 cm³/mol. The van der Waals surface area contributed by atoms with Gasteiger partial charge in [0.25, 0.3) is 6.43 Å². The van der Waals surface area contributed by atoms with Crippen LogP contribution in [-0.4, -0.2) is 37.6 Å². The van der Waals surface area contributed by atoms with E-state index in [1.165, 1.54) is 0 Å². The molecule has 2 unspecified atom stereocenters. The van der Waals surface area contributed by atoms with Crippen molar-refractivity contribution in [3.8, 4) is 0 Å². The summed E-state index contributed by atoms with van der Waals surface area (Å²) in [5.41, 5.74) is 0. The number of rotatable bonds is 2. The van der Waals surface area contributed by atoms with Gasteiger partial charge in [0.05, 0.1) is 11.5 Å². The molecule has 6 heteroatoms. The number of sulfone groups is 1. The van der Waals surface area contributed by atoms with Crippen LogP contribution in [0.25, 0.3) is 0 Å². The first-order valence-corrected chi connectivity index (χ1v) is 5.41. The third-order valence-electron chi connectivity index (χ3n) is 2.01. The molecule has 1 fully saturated rings. The second-order valence-corrected chi connectivity index (χ2v) is 5.22. The summed E-state index contributed by atoms with van der Waals surface area (Å²) >= 11 is 0. The molecular formula is C6H10F2O3S. The van der Waals surface area contributed by atoms with Gasteiger partial charge < -0.3 is 5.11 Å². The highest BCUT2D eigenvalue weighted by molar-refractivity contribution is 7.91. The highest BCUT2D eigenvalue weighted by atomic mass is 32.2. The Kier molecular flexibility index (Phi) is 2.67. The molecule has 1 N–H and O–H groups in total. The van der Waals surface area contributed by atoms with Crippen LogP contribution in [0.5, 0.6) is 0 Å². The Labute approximate surface area is 69.3 Å². The van der Waals surface area contributed by atoms with Gasteiger partial charge in [0.2, 0.25) is 0 Å². The summed E-state index contributed by atoms with van der Waals surface area (Å²) in [4.78, 5) is 0. The average molecular weight is 200 g/mol. The SMILES string of the molecule is O=S1(=O)CCC(C(O)C(F)F)C1. The largest absolute Gasteiger partial charge is 0.387 e. The minimum absolute atomic E-state index is 0.0819. The smallest absolute Gasteiger partial charge is 0.264 e. The van der Waals surface area contributed by atoms with Gasteiger partial charge in [0, 0.05) is 5.92 Å². The second kappa shape index (κ2) is 3.26. The minimum Gasteiger partial charge on any atom is -0.387 e. The lowest BCUT2D eigenvalue weighted by Gasteiger charge is -2.14. The van der Waals surface area contributed by atoms with Crippen molar-refractivity contribution in [2.45, 2.75) is 19.0 Å². The molecule has 1 aliphatic heterocycles. The summed E-state index contributed by atoms with van der Waals surface area (Å²) in [6.07, 6.45) is -4.49. The van der Waals surface area contributed by atoms with E-state index in [1.54, 1.807) is 0 Å². The summed E-state index contributed by atoms with van der Waals surface area (Å²) < 4.78 is 45.4. The van der Waals surface area contributed by atoms with Crippen LogP contribution in [0.15, 0.2) is 0 Å². The van der Waals surface area contributed by atoms with E-state index in [1.807, 2.05) is 0 Å². The van der Waals surface area contributed by atoms with Crippen molar-refractivity contribution >= 4 is 9.84 Å². The summed E-state index contributed by atoms with van der Waals surface area (Å²) in [6.45, 7) is 0. The molecule has 1 aliphatic rings. The molecule has 0 bridgehead atoms. The zero-order valence-electron chi connectivity index (χ0n) is 6.28. The van der Waals surface area contributed by atoms with Crippen LogP contribution in [0.1, 0.15) is 6.42 Å². The van der Waals surface area contributed by atoms with Crippen molar-refractivity contribution in [1.29, 1.82) is 0 Å². The monoisotopic (exact) mass is 200 g/mol. The minimum atomic E-state index is -3.17. The Hall–Kier alpha value is -0.230. The molecule has 3 nitrogen and oxygen atoms in total. The third kappa shape index (κ3) is 2.13. The molecule has 0 aromatic heterocycles. The number of hydrogen-bond donors (Lipinski definition) is 1. The van der Waals surface area contributed by atoms with Gasteiger partial charge in [0.1, 0.15) is 6.10 Å². The first-order chi connectivity index (χ1) is 5.42. The van der Waals surface area contributed by atoms with Crippen LogP contribution in [-0.2, 0) is 9.84 Å². The van der Waals surface area contributed by atoms with E-state index in [9.17, 15) is 17.2 Å². The van der Waals surface area contributed by atoms with E-state index < -0.39 is 28.3 Å². The molecule has 0 aromatic carbocycles. The Bertz CT molecular complexity index is 250. The lowest BCUT2D eigenvalue weighted by molar-refractivity contribution is -0.0325. The van der Waals surface area contributed by atoms with Crippen molar-refractivity contribution in [3.05, 3.63) is 0 Å².